The van der Waals surface area contributed by atoms with Crippen LogP contribution in [0.3, 0.4) is 0 Å². The zero-order valence-electron chi connectivity index (χ0n) is 12.6. The van der Waals surface area contributed by atoms with Gasteiger partial charge in [-0.1, -0.05) is 18.5 Å². The average molecular weight is 352 g/mol. The first-order chi connectivity index (χ1) is 10.6. The second-order valence-corrected chi connectivity index (χ2v) is 5.48. The van der Waals surface area contributed by atoms with Gasteiger partial charge in [0.2, 0.25) is 11.8 Å². The third kappa shape index (κ3) is 5.40. The number of hydrogen-bond acceptors (Lipinski definition) is 3. The van der Waals surface area contributed by atoms with Crippen LogP contribution in [-0.4, -0.2) is 36.9 Å². The van der Waals surface area contributed by atoms with Crippen LogP contribution in [-0.2, 0) is 15.8 Å². The summed E-state index contributed by atoms with van der Waals surface area (Å²) in [5.41, 5.74) is 4.27. The minimum Gasteiger partial charge on any atom is -0.336 e. The number of benzene rings is 1. The van der Waals surface area contributed by atoms with Crippen LogP contribution < -0.4 is 11.1 Å². The summed E-state index contributed by atoms with van der Waals surface area (Å²) in [7, 11) is 1.41. The monoisotopic (exact) mass is 351 g/mol. The van der Waals surface area contributed by atoms with E-state index in [2.05, 4.69) is 5.32 Å². The Kier molecular flexibility index (Phi) is 6.40. The average Bonchev–Trinajstić information content (AvgIpc) is 2.46. The van der Waals surface area contributed by atoms with Crippen molar-refractivity contribution < 1.29 is 22.8 Å². The van der Waals surface area contributed by atoms with Gasteiger partial charge in [0.1, 0.15) is 0 Å². The summed E-state index contributed by atoms with van der Waals surface area (Å²) >= 11 is 5.50. The summed E-state index contributed by atoms with van der Waals surface area (Å²) in [6.45, 7) is 1.45. The van der Waals surface area contributed by atoms with E-state index in [0.717, 1.165) is 17.0 Å². The number of halogens is 4. The maximum atomic E-state index is 12.7. The van der Waals surface area contributed by atoms with Crippen molar-refractivity contribution in [1.29, 1.82) is 0 Å². The van der Waals surface area contributed by atoms with Gasteiger partial charge < -0.3 is 16.0 Å². The molecule has 1 aromatic rings. The van der Waals surface area contributed by atoms with Crippen LogP contribution >= 0.6 is 11.6 Å². The Hall–Kier alpha value is -1.80. The third-order valence-electron chi connectivity index (χ3n) is 3.09. The Morgan fingerprint density at radius 1 is 1.39 bits per heavy atom. The molecule has 1 rings (SSSR count). The highest BCUT2D eigenvalue weighted by molar-refractivity contribution is 6.31. The summed E-state index contributed by atoms with van der Waals surface area (Å²) in [4.78, 5) is 24.8. The van der Waals surface area contributed by atoms with Gasteiger partial charge in [0.25, 0.3) is 0 Å². The molecule has 0 bridgehead atoms. The third-order valence-corrected chi connectivity index (χ3v) is 3.42. The van der Waals surface area contributed by atoms with Crippen molar-refractivity contribution in [2.45, 2.75) is 13.1 Å². The molecule has 1 unspecified atom stereocenters. The number of likely N-dealkylation sites (N-methyl/N-ethyl adjacent to an activating group) is 1. The van der Waals surface area contributed by atoms with E-state index in [4.69, 9.17) is 17.3 Å². The minimum atomic E-state index is -4.62. The number of carbonyl (C=O) groups excluding carboxylic acids is 2. The second-order valence-electron chi connectivity index (χ2n) is 5.07. The lowest BCUT2D eigenvalue weighted by molar-refractivity contribution is -0.137. The predicted molar refractivity (Wildman–Crippen MR) is 80.9 cm³/mol. The number of carbonyl (C=O) groups is 2. The van der Waals surface area contributed by atoms with Crippen molar-refractivity contribution in [2.24, 2.45) is 11.7 Å². The van der Waals surface area contributed by atoms with Gasteiger partial charge in [-0.3, -0.25) is 9.59 Å². The summed E-state index contributed by atoms with van der Waals surface area (Å²) in [6.07, 6.45) is -4.62. The van der Waals surface area contributed by atoms with E-state index < -0.39 is 28.6 Å². The van der Waals surface area contributed by atoms with Crippen LogP contribution in [0.25, 0.3) is 0 Å². The molecule has 0 radical (unpaired) electrons. The molecule has 9 heteroatoms. The Balaban J connectivity index is 2.77. The first kappa shape index (κ1) is 19.2. The molecule has 3 N–H and O–H groups in total. The van der Waals surface area contributed by atoms with Gasteiger partial charge in [0.15, 0.2) is 0 Å². The van der Waals surface area contributed by atoms with Crippen molar-refractivity contribution in [3.05, 3.63) is 28.8 Å². The van der Waals surface area contributed by atoms with Gasteiger partial charge in [0.05, 0.1) is 17.1 Å². The molecule has 1 aromatic carbocycles. The molecule has 0 fully saturated rings. The van der Waals surface area contributed by atoms with Crippen LogP contribution in [0.5, 0.6) is 0 Å². The van der Waals surface area contributed by atoms with Crippen molar-refractivity contribution in [3.63, 3.8) is 0 Å². The molecular formula is C14H17ClF3N3O2. The highest BCUT2D eigenvalue weighted by Gasteiger charge is 2.33. The van der Waals surface area contributed by atoms with E-state index in [1.165, 1.54) is 13.1 Å². The summed E-state index contributed by atoms with van der Waals surface area (Å²) in [5.74, 6) is -1.39. The SMILES string of the molecule is CC(CN)C(=O)N(C)CC(=O)Nc1ccc(Cl)c(C(F)(F)F)c1. The number of nitrogens with one attached hydrogen (secondary N) is 1. The zero-order chi connectivity index (χ0) is 17.8. The molecule has 23 heavy (non-hydrogen) atoms. The molecular weight excluding hydrogens is 335 g/mol. The Morgan fingerprint density at radius 3 is 2.52 bits per heavy atom. The molecule has 0 aliphatic carbocycles. The quantitative estimate of drug-likeness (QED) is 0.855. The molecule has 1 atom stereocenters. The largest absolute Gasteiger partial charge is 0.417 e. The number of hydrogen-bond donors (Lipinski definition) is 2. The Morgan fingerprint density at radius 2 is 2.00 bits per heavy atom. The minimum absolute atomic E-state index is 0.0561. The van der Waals surface area contributed by atoms with Crippen molar-refractivity contribution >= 4 is 29.1 Å². The first-order valence-electron chi connectivity index (χ1n) is 6.68. The molecule has 2 amide bonds. The summed E-state index contributed by atoms with van der Waals surface area (Å²) < 4.78 is 38.2. The van der Waals surface area contributed by atoms with Gasteiger partial charge in [-0.15, -0.1) is 0 Å². The van der Waals surface area contributed by atoms with E-state index in [1.54, 1.807) is 6.92 Å². The zero-order valence-corrected chi connectivity index (χ0v) is 13.3. The molecule has 0 aliphatic rings. The van der Waals surface area contributed by atoms with E-state index in [-0.39, 0.29) is 24.7 Å². The van der Waals surface area contributed by atoms with Crippen LogP contribution in [0.15, 0.2) is 18.2 Å². The van der Waals surface area contributed by atoms with Gasteiger partial charge in [-0.2, -0.15) is 13.2 Å². The maximum Gasteiger partial charge on any atom is 0.417 e. The van der Waals surface area contributed by atoms with Crippen LogP contribution in [0.4, 0.5) is 18.9 Å². The van der Waals surface area contributed by atoms with Crippen molar-refractivity contribution in [3.8, 4) is 0 Å². The van der Waals surface area contributed by atoms with Gasteiger partial charge in [-0.05, 0) is 18.2 Å². The molecule has 0 saturated heterocycles. The summed E-state index contributed by atoms with van der Waals surface area (Å²) in [5, 5.41) is 1.84. The van der Waals surface area contributed by atoms with Gasteiger partial charge in [0, 0.05) is 25.2 Å². The molecule has 0 heterocycles. The number of nitrogens with two attached hydrogens (primary N) is 1. The highest BCUT2D eigenvalue weighted by Crippen LogP contribution is 2.36. The number of rotatable bonds is 5. The van der Waals surface area contributed by atoms with Crippen LogP contribution in [0.2, 0.25) is 5.02 Å². The fraction of sp³-hybridized carbons (Fsp3) is 0.429. The van der Waals surface area contributed by atoms with Crippen LogP contribution in [0.1, 0.15) is 12.5 Å². The number of alkyl halides is 3. The molecule has 5 nitrogen and oxygen atoms in total. The lowest BCUT2D eigenvalue weighted by Crippen LogP contribution is -2.39. The topological polar surface area (TPSA) is 75.4 Å². The molecule has 128 valence electrons. The lowest BCUT2D eigenvalue weighted by Gasteiger charge is -2.20. The van der Waals surface area contributed by atoms with E-state index in [1.807, 2.05) is 0 Å². The normalized spacial score (nSPS) is 12.7. The van der Waals surface area contributed by atoms with E-state index in [9.17, 15) is 22.8 Å². The lowest BCUT2D eigenvalue weighted by atomic mass is 10.1. The summed E-state index contributed by atoms with van der Waals surface area (Å²) in [6, 6.07) is 3.04. The predicted octanol–water partition coefficient (Wildman–Crippen LogP) is 2.35. The fourth-order valence-electron chi connectivity index (χ4n) is 1.79. The molecule has 0 saturated carbocycles. The van der Waals surface area contributed by atoms with E-state index in [0.29, 0.717) is 0 Å². The van der Waals surface area contributed by atoms with Crippen molar-refractivity contribution in [2.75, 3.05) is 25.5 Å². The Labute approximate surface area is 136 Å². The van der Waals surface area contributed by atoms with Gasteiger partial charge >= 0.3 is 6.18 Å². The Bertz CT molecular complexity index is 593. The second kappa shape index (κ2) is 7.65. The maximum absolute atomic E-state index is 12.7. The van der Waals surface area contributed by atoms with Crippen molar-refractivity contribution in [1.82, 2.24) is 4.90 Å². The number of amides is 2. The first-order valence-corrected chi connectivity index (χ1v) is 7.05. The number of anilines is 1. The highest BCUT2D eigenvalue weighted by atomic mass is 35.5. The fourth-order valence-corrected chi connectivity index (χ4v) is 2.02. The van der Waals surface area contributed by atoms with Crippen LogP contribution in [0, 0.1) is 5.92 Å². The number of nitrogens with zero attached hydrogens (tertiary/aromatic N) is 1. The van der Waals surface area contributed by atoms with E-state index >= 15 is 0 Å². The standard InChI is InChI=1S/C14H17ClF3N3O2/c1-8(6-19)13(23)21(2)7-12(22)20-9-3-4-11(15)10(5-9)14(16,17)18/h3-5,8H,6-7,19H2,1-2H3,(H,20,22). The molecule has 0 aromatic heterocycles. The smallest absolute Gasteiger partial charge is 0.336 e. The molecule has 0 aliphatic heterocycles. The molecule has 0 spiro atoms. The van der Waals surface area contributed by atoms with Gasteiger partial charge in [-0.25, -0.2) is 0 Å².